The molecule has 1 heterocycles. The Balaban J connectivity index is 2.06. The van der Waals surface area contributed by atoms with Gasteiger partial charge in [-0.3, -0.25) is 4.79 Å². The second-order valence-electron chi connectivity index (χ2n) is 6.55. The molecule has 3 rings (SSSR count). The Kier molecular flexibility index (Phi) is 5.26. The van der Waals surface area contributed by atoms with Crippen LogP contribution in [0.3, 0.4) is 0 Å². The smallest absolute Gasteiger partial charge is 0.338 e. The first-order chi connectivity index (χ1) is 13.0. The van der Waals surface area contributed by atoms with E-state index in [4.69, 9.17) is 10.5 Å². The Morgan fingerprint density at radius 2 is 2.04 bits per heavy atom. The molecule has 0 aliphatic carbocycles. The van der Waals surface area contributed by atoms with Crippen LogP contribution in [0.2, 0.25) is 0 Å². The average molecular weight is 366 g/mol. The normalized spacial score (nSPS) is 14.0. The van der Waals surface area contributed by atoms with E-state index in [1.807, 2.05) is 13.0 Å². The van der Waals surface area contributed by atoms with Gasteiger partial charge in [0.15, 0.2) is 0 Å². The number of hydrogen-bond donors (Lipinski definition) is 1. The number of esters is 1. The number of hydrogen-bond acceptors (Lipinski definition) is 5. The minimum Gasteiger partial charge on any atom is -0.465 e. The number of carbonyl (C=O) groups excluding carboxylic acids is 3. The summed E-state index contributed by atoms with van der Waals surface area (Å²) in [7, 11) is 1.32. The highest BCUT2D eigenvalue weighted by molar-refractivity contribution is 6.04. The third-order valence-electron chi connectivity index (χ3n) is 4.89. The van der Waals surface area contributed by atoms with Gasteiger partial charge in [0.2, 0.25) is 0 Å². The highest BCUT2D eigenvalue weighted by atomic mass is 16.5. The second-order valence-corrected chi connectivity index (χ2v) is 6.55. The van der Waals surface area contributed by atoms with Crippen molar-refractivity contribution >= 4 is 23.9 Å². The van der Waals surface area contributed by atoms with Crippen molar-refractivity contribution in [1.29, 1.82) is 0 Å². The molecule has 0 bridgehead atoms. The lowest BCUT2D eigenvalue weighted by atomic mass is 9.95. The number of carbonyl (C=O) groups is 3. The lowest BCUT2D eigenvalue weighted by Crippen LogP contribution is -2.36. The van der Waals surface area contributed by atoms with E-state index in [-0.39, 0.29) is 5.91 Å². The molecule has 1 unspecified atom stereocenters. The number of fused-ring (bicyclic) bond motifs is 1. The van der Waals surface area contributed by atoms with Crippen molar-refractivity contribution in [3.8, 4) is 11.1 Å². The standard InChI is InChI=1S/C21H22N2O4/c1-3-6-14(12-24)23-11-18-17(20(23)25)9-13(10-19(18)22)15-7-4-5-8-16(15)21(26)27-2/h4-5,7-10,12,14H,3,6,11,22H2,1-2H3. The number of amides is 1. The van der Waals surface area contributed by atoms with Crippen molar-refractivity contribution in [2.24, 2.45) is 0 Å². The number of aldehydes is 1. The second kappa shape index (κ2) is 7.61. The molecule has 1 amide bonds. The maximum Gasteiger partial charge on any atom is 0.338 e. The van der Waals surface area contributed by atoms with Crippen LogP contribution >= 0.6 is 0 Å². The van der Waals surface area contributed by atoms with Gasteiger partial charge < -0.3 is 20.2 Å². The first-order valence-electron chi connectivity index (χ1n) is 8.88. The Bertz CT molecular complexity index is 907. The molecule has 1 atom stereocenters. The molecule has 6 nitrogen and oxygen atoms in total. The number of benzene rings is 2. The van der Waals surface area contributed by atoms with Crippen molar-refractivity contribution < 1.29 is 19.1 Å². The molecule has 2 aromatic carbocycles. The van der Waals surface area contributed by atoms with Crippen LogP contribution in [0.25, 0.3) is 11.1 Å². The van der Waals surface area contributed by atoms with Crippen LogP contribution in [0.4, 0.5) is 5.69 Å². The number of nitrogens with two attached hydrogens (primary N) is 1. The van der Waals surface area contributed by atoms with Crippen molar-refractivity contribution in [3.05, 3.63) is 53.1 Å². The van der Waals surface area contributed by atoms with Gasteiger partial charge in [-0.15, -0.1) is 0 Å². The maximum absolute atomic E-state index is 12.9. The molecule has 0 saturated heterocycles. The van der Waals surface area contributed by atoms with Crippen LogP contribution < -0.4 is 5.73 Å². The van der Waals surface area contributed by atoms with Crippen LogP contribution in [0.5, 0.6) is 0 Å². The predicted molar refractivity (Wildman–Crippen MR) is 102 cm³/mol. The number of anilines is 1. The zero-order valence-electron chi connectivity index (χ0n) is 15.4. The largest absolute Gasteiger partial charge is 0.465 e. The number of nitrogens with zero attached hydrogens (tertiary/aromatic N) is 1. The molecule has 0 fully saturated rings. The maximum atomic E-state index is 12.9. The SMILES string of the molecule is CCCC(C=O)N1Cc2c(N)cc(-c3ccccc3C(=O)OC)cc2C1=O. The molecular weight excluding hydrogens is 344 g/mol. The molecular formula is C21H22N2O4. The first-order valence-corrected chi connectivity index (χ1v) is 8.88. The van der Waals surface area contributed by atoms with Crippen LogP contribution in [0.15, 0.2) is 36.4 Å². The van der Waals surface area contributed by atoms with Crippen LogP contribution in [0.1, 0.15) is 46.0 Å². The third kappa shape index (κ3) is 3.30. The zero-order valence-corrected chi connectivity index (χ0v) is 15.4. The Morgan fingerprint density at radius 1 is 1.30 bits per heavy atom. The molecule has 0 radical (unpaired) electrons. The Hall–Kier alpha value is -3.15. The molecule has 2 N–H and O–H groups in total. The summed E-state index contributed by atoms with van der Waals surface area (Å²) in [6.45, 7) is 2.29. The molecule has 0 aromatic heterocycles. The van der Waals surface area contributed by atoms with Crippen molar-refractivity contribution in [1.82, 2.24) is 4.90 Å². The van der Waals surface area contributed by atoms with Gasteiger partial charge in [0, 0.05) is 23.4 Å². The average Bonchev–Trinajstić information content (AvgIpc) is 3.02. The molecule has 2 aromatic rings. The molecule has 27 heavy (non-hydrogen) atoms. The quantitative estimate of drug-likeness (QED) is 0.482. The van der Waals surface area contributed by atoms with Crippen molar-refractivity contribution in [3.63, 3.8) is 0 Å². The van der Waals surface area contributed by atoms with E-state index in [0.717, 1.165) is 18.3 Å². The summed E-state index contributed by atoms with van der Waals surface area (Å²) in [6, 6.07) is 10.1. The summed E-state index contributed by atoms with van der Waals surface area (Å²) in [4.78, 5) is 38.0. The van der Waals surface area contributed by atoms with Gasteiger partial charge in [-0.25, -0.2) is 4.79 Å². The first kappa shape index (κ1) is 18.6. The number of ether oxygens (including phenoxy) is 1. The van der Waals surface area contributed by atoms with E-state index in [0.29, 0.717) is 40.9 Å². The zero-order chi connectivity index (χ0) is 19.6. The lowest BCUT2D eigenvalue weighted by Gasteiger charge is -2.22. The Morgan fingerprint density at radius 3 is 2.70 bits per heavy atom. The van der Waals surface area contributed by atoms with Gasteiger partial charge in [0.1, 0.15) is 6.29 Å². The summed E-state index contributed by atoms with van der Waals surface area (Å²) >= 11 is 0. The summed E-state index contributed by atoms with van der Waals surface area (Å²) < 4.78 is 4.85. The van der Waals surface area contributed by atoms with Crippen LogP contribution in [-0.2, 0) is 16.1 Å². The van der Waals surface area contributed by atoms with Gasteiger partial charge >= 0.3 is 5.97 Å². The third-order valence-corrected chi connectivity index (χ3v) is 4.89. The molecule has 1 aliphatic heterocycles. The van der Waals surface area contributed by atoms with E-state index in [2.05, 4.69) is 0 Å². The molecule has 1 aliphatic rings. The van der Waals surface area contributed by atoms with E-state index in [9.17, 15) is 14.4 Å². The Labute approximate surface area is 157 Å². The monoisotopic (exact) mass is 366 g/mol. The molecule has 140 valence electrons. The summed E-state index contributed by atoms with van der Waals surface area (Å²) in [5.41, 5.74) is 9.61. The molecule has 0 spiro atoms. The fourth-order valence-electron chi connectivity index (χ4n) is 3.50. The van der Waals surface area contributed by atoms with Crippen molar-refractivity contribution in [2.45, 2.75) is 32.4 Å². The summed E-state index contributed by atoms with van der Waals surface area (Å²) in [5, 5.41) is 0. The van der Waals surface area contributed by atoms with Crippen LogP contribution in [0, 0.1) is 0 Å². The highest BCUT2D eigenvalue weighted by Gasteiger charge is 2.34. The number of rotatable bonds is 6. The lowest BCUT2D eigenvalue weighted by molar-refractivity contribution is -0.112. The van der Waals surface area contributed by atoms with Gasteiger partial charge in [-0.1, -0.05) is 31.5 Å². The van der Waals surface area contributed by atoms with Crippen LogP contribution in [-0.4, -0.2) is 36.2 Å². The van der Waals surface area contributed by atoms with Gasteiger partial charge in [-0.2, -0.15) is 0 Å². The van der Waals surface area contributed by atoms with E-state index >= 15 is 0 Å². The van der Waals surface area contributed by atoms with E-state index in [1.165, 1.54) is 7.11 Å². The minimum atomic E-state index is -0.458. The van der Waals surface area contributed by atoms with E-state index in [1.54, 1.807) is 35.2 Å². The fraction of sp³-hybridized carbons (Fsp3) is 0.286. The number of nitrogen functional groups attached to an aromatic ring is 1. The minimum absolute atomic E-state index is 0.209. The van der Waals surface area contributed by atoms with Gasteiger partial charge in [-0.05, 0) is 35.7 Å². The highest BCUT2D eigenvalue weighted by Crippen LogP contribution is 2.35. The summed E-state index contributed by atoms with van der Waals surface area (Å²) in [5.74, 6) is -0.666. The van der Waals surface area contributed by atoms with Gasteiger partial charge in [0.25, 0.3) is 5.91 Å². The molecule has 0 saturated carbocycles. The van der Waals surface area contributed by atoms with E-state index < -0.39 is 12.0 Å². The topological polar surface area (TPSA) is 89.7 Å². The summed E-state index contributed by atoms with van der Waals surface area (Å²) in [6.07, 6.45) is 2.23. The fourth-order valence-corrected chi connectivity index (χ4v) is 3.50. The molecule has 6 heteroatoms. The predicted octanol–water partition coefficient (Wildman–Crippen LogP) is 3.05. The number of methoxy groups -OCH3 is 1. The van der Waals surface area contributed by atoms with Crippen molar-refractivity contribution in [2.75, 3.05) is 12.8 Å². The van der Waals surface area contributed by atoms with Gasteiger partial charge in [0.05, 0.1) is 18.7 Å².